The van der Waals surface area contributed by atoms with E-state index in [1.807, 2.05) is 0 Å². The molecule has 128 valence electrons. The second kappa shape index (κ2) is 7.08. The zero-order valence-corrected chi connectivity index (χ0v) is 13.7. The molecule has 3 aromatic carbocycles. The average molecular weight is 399 g/mol. The van der Waals surface area contributed by atoms with E-state index in [4.69, 9.17) is 0 Å². The summed E-state index contributed by atoms with van der Waals surface area (Å²) in [7, 11) is 0. The molecule has 0 aromatic heterocycles. The molecule has 0 saturated heterocycles. The summed E-state index contributed by atoms with van der Waals surface area (Å²) in [6, 6.07) is 1.34. The van der Waals surface area contributed by atoms with Gasteiger partial charge in [0.05, 0.1) is 11.6 Å². The average Bonchev–Trinajstić information content (AvgIpc) is 2.53. The van der Waals surface area contributed by atoms with Crippen LogP contribution >= 0.6 is 0 Å². The van der Waals surface area contributed by atoms with Crippen LogP contribution in [0.1, 0.15) is 0 Å². The first-order valence-electron chi connectivity index (χ1n) is 5.70. The quantitative estimate of drug-likeness (QED) is 0.135. The Labute approximate surface area is 155 Å². The van der Waals surface area contributed by atoms with E-state index in [1.54, 1.807) is 0 Å². The molecular formula is C14ClF9Mg. The number of rotatable bonds is 0. The van der Waals surface area contributed by atoms with Crippen molar-refractivity contribution < 1.29 is 51.9 Å². The maximum absolute atomic E-state index is 13.8. The summed E-state index contributed by atoms with van der Waals surface area (Å²) >= 11 is 0. The number of hydrogen-bond acceptors (Lipinski definition) is 0. The summed E-state index contributed by atoms with van der Waals surface area (Å²) in [5.74, 6) is -20.5. The fourth-order valence-corrected chi connectivity index (χ4v) is 2.23. The van der Waals surface area contributed by atoms with Crippen molar-refractivity contribution >= 4 is 44.6 Å². The predicted octanol–water partition coefficient (Wildman–Crippen LogP) is 1.67. The molecule has 0 spiro atoms. The first kappa shape index (κ1) is 21.6. The van der Waals surface area contributed by atoms with Gasteiger partial charge >= 0.3 is 23.1 Å². The van der Waals surface area contributed by atoms with Gasteiger partial charge in [0, 0.05) is 0 Å². The van der Waals surface area contributed by atoms with Crippen LogP contribution in [0, 0.1) is 58.4 Å². The molecule has 0 aliphatic carbocycles. The Hall–Kier alpha value is -1.39. The van der Waals surface area contributed by atoms with E-state index in [0.29, 0.717) is 0 Å². The van der Waals surface area contributed by atoms with E-state index in [1.165, 1.54) is 6.07 Å². The van der Waals surface area contributed by atoms with Crippen LogP contribution in [0.3, 0.4) is 0 Å². The molecular weight excluding hydrogens is 399 g/mol. The Morgan fingerprint density at radius 3 is 1.28 bits per heavy atom. The molecule has 25 heavy (non-hydrogen) atoms. The van der Waals surface area contributed by atoms with Gasteiger partial charge in [-0.05, 0) is 10.8 Å². The van der Waals surface area contributed by atoms with Crippen molar-refractivity contribution in [1.29, 1.82) is 0 Å². The van der Waals surface area contributed by atoms with Crippen LogP contribution in [0.5, 0.6) is 0 Å². The smallest absolute Gasteiger partial charge is 1.00 e. The van der Waals surface area contributed by atoms with Gasteiger partial charge in [-0.3, -0.25) is 4.39 Å². The molecule has 0 aliphatic heterocycles. The van der Waals surface area contributed by atoms with Crippen molar-refractivity contribution in [3.8, 4) is 0 Å². The zero-order valence-electron chi connectivity index (χ0n) is 11.5. The molecule has 0 radical (unpaired) electrons. The second-order valence-corrected chi connectivity index (χ2v) is 4.45. The Kier molecular flexibility index (Phi) is 6.13. The van der Waals surface area contributed by atoms with Gasteiger partial charge < -0.3 is 12.4 Å². The monoisotopic (exact) mass is 398 g/mol. The van der Waals surface area contributed by atoms with E-state index in [0.717, 1.165) is 0 Å². The van der Waals surface area contributed by atoms with Gasteiger partial charge in [-0.15, -0.1) is 6.07 Å². The normalized spacial score (nSPS) is 10.8. The van der Waals surface area contributed by atoms with Gasteiger partial charge in [-0.2, -0.15) is 0 Å². The molecule has 3 rings (SSSR count). The molecule has 0 atom stereocenters. The van der Waals surface area contributed by atoms with E-state index >= 15 is 0 Å². The summed E-state index contributed by atoms with van der Waals surface area (Å²) in [4.78, 5) is 0. The Morgan fingerprint density at radius 2 is 0.800 bits per heavy atom. The third kappa shape index (κ3) is 2.79. The van der Waals surface area contributed by atoms with Crippen LogP contribution in [0.25, 0.3) is 21.5 Å². The SMILES string of the molecule is Fc1c(F)c(F)c2c([c-]c(F)c3c(F)c(F)c(F)c(F)c32)c1F.[Cl-].[Mg+2]. The molecule has 0 nitrogen and oxygen atoms in total. The van der Waals surface area contributed by atoms with Crippen molar-refractivity contribution in [2.24, 2.45) is 0 Å². The minimum atomic E-state index is -2.45. The van der Waals surface area contributed by atoms with Gasteiger partial charge in [0.25, 0.3) is 0 Å². The molecule has 0 unspecified atom stereocenters. The van der Waals surface area contributed by atoms with Crippen molar-refractivity contribution in [2.75, 3.05) is 0 Å². The minimum Gasteiger partial charge on any atom is -1.00 e. The summed E-state index contributed by atoms with van der Waals surface area (Å²) in [5, 5.41) is -6.15. The van der Waals surface area contributed by atoms with Crippen molar-refractivity contribution in [1.82, 2.24) is 0 Å². The first-order chi connectivity index (χ1) is 10.7. The third-order valence-electron chi connectivity index (χ3n) is 3.24. The van der Waals surface area contributed by atoms with Crippen LogP contribution in [0.4, 0.5) is 39.5 Å². The zero-order chi connectivity index (χ0) is 17.2. The van der Waals surface area contributed by atoms with Crippen LogP contribution in [0.15, 0.2) is 0 Å². The fraction of sp³-hybridized carbons (Fsp3) is 0. The summed E-state index contributed by atoms with van der Waals surface area (Å²) in [6.07, 6.45) is 0. The Balaban J connectivity index is 0.00000156. The number of hydrogen-bond donors (Lipinski definition) is 0. The number of halogens is 10. The molecule has 0 aliphatic rings. The first-order valence-corrected chi connectivity index (χ1v) is 5.70. The van der Waals surface area contributed by atoms with Crippen molar-refractivity contribution in [3.63, 3.8) is 0 Å². The topological polar surface area (TPSA) is 0 Å². The van der Waals surface area contributed by atoms with Crippen LogP contribution in [0.2, 0.25) is 0 Å². The largest absolute Gasteiger partial charge is 2.00 e. The summed E-state index contributed by atoms with van der Waals surface area (Å²) in [6.45, 7) is 0. The van der Waals surface area contributed by atoms with Gasteiger partial charge in [0.2, 0.25) is 0 Å². The molecule has 0 saturated carbocycles. The van der Waals surface area contributed by atoms with Crippen molar-refractivity contribution in [2.45, 2.75) is 0 Å². The maximum atomic E-state index is 13.8. The second-order valence-electron chi connectivity index (χ2n) is 4.45. The molecule has 0 heterocycles. The standard InChI is InChI=1S/C14F9.ClH.Mg/c15-3-1-2-4(8(17)12(21)11(20)7(2)16)6-5(3)9(18)13(22)14(23)10(6)19;;/h;1H;/q-1;;+2/p-1. The van der Waals surface area contributed by atoms with E-state index in [-0.39, 0.29) is 35.5 Å². The Bertz CT molecular complexity index is 1020. The number of fused-ring (bicyclic) bond motifs is 3. The van der Waals surface area contributed by atoms with Crippen molar-refractivity contribution in [3.05, 3.63) is 58.4 Å². The molecule has 0 bridgehead atoms. The van der Waals surface area contributed by atoms with Crippen LogP contribution in [-0.2, 0) is 0 Å². The fourth-order valence-electron chi connectivity index (χ4n) is 2.23. The van der Waals surface area contributed by atoms with E-state index in [2.05, 4.69) is 0 Å². The minimum absolute atomic E-state index is 0. The predicted molar refractivity (Wildman–Crippen MR) is 65.7 cm³/mol. The molecule has 3 aromatic rings. The van der Waals surface area contributed by atoms with Gasteiger partial charge in [-0.1, -0.05) is 10.8 Å². The van der Waals surface area contributed by atoms with Gasteiger partial charge in [0.15, 0.2) is 29.1 Å². The molecule has 11 heteroatoms. The maximum Gasteiger partial charge on any atom is 2.00 e. The van der Waals surface area contributed by atoms with Crippen LogP contribution < -0.4 is 12.4 Å². The summed E-state index contributed by atoms with van der Waals surface area (Å²) in [5.41, 5.74) is 0. The van der Waals surface area contributed by atoms with E-state index < -0.39 is 73.9 Å². The van der Waals surface area contributed by atoms with Gasteiger partial charge in [0.1, 0.15) is 11.6 Å². The van der Waals surface area contributed by atoms with Gasteiger partial charge in [-0.25, -0.2) is 35.1 Å². The van der Waals surface area contributed by atoms with E-state index in [9.17, 15) is 39.5 Å². The molecule has 0 N–H and O–H groups in total. The number of benzene rings is 3. The summed E-state index contributed by atoms with van der Waals surface area (Å²) < 4.78 is 121. The third-order valence-corrected chi connectivity index (χ3v) is 3.24. The molecule has 0 fully saturated rings. The molecule has 0 amide bonds. The Morgan fingerprint density at radius 1 is 0.440 bits per heavy atom. The van der Waals surface area contributed by atoms with Crippen LogP contribution in [-0.4, -0.2) is 23.1 Å².